The summed E-state index contributed by atoms with van der Waals surface area (Å²) in [6, 6.07) is 4.43. The van der Waals surface area contributed by atoms with Crippen molar-refractivity contribution < 1.29 is 14.3 Å². The van der Waals surface area contributed by atoms with Crippen molar-refractivity contribution in [3.63, 3.8) is 0 Å². The second-order valence-electron chi connectivity index (χ2n) is 13.1. The van der Waals surface area contributed by atoms with Crippen molar-refractivity contribution in [2.24, 2.45) is 5.41 Å². The predicted octanol–water partition coefficient (Wildman–Crippen LogP) is 7.81. The average Bonchev–Trinajstić information content (AvgIpc) is 3.54. The van der Waals surface area contributed by atoms with Crippen molar-refractivity contribution in [2.45, 2.75) is 84.9 Å². The number of halogens is 1. The first kappa shape index (κ1) is 29.3. The highest BCUT2D eigenvalue weighted by Crippen LogP contribution is 2.55. The predicted molar refractivity (Wildman–Crippen MR) is 171 cm³/mol. The molecule has 1 amide bonds. The number of pyridine rings is 1. The van der Waals surface area contributed by atoms with Gasteiger partial charge in [-0.3, -0.25) is 9.67 Å². The van der Waals surface area contributed by atoms with E-state index in [1.54, 1.807) is 0 Å². The molecule has 1 atom stereocenters. The lowest BCUT2D eigenvalue weighted by Crippen LogP contribution is -2.64. The van der Waals surface area contributed by atoms with Crippen LogP contribution in [0.1, 0.15) is 81.0 Å². The third-order valence-electron chi connectivity index (χ3n) is 9.84. The number of aryl methyl sites for hydroxylation is 2. The number of unbranched alkanes of at least 4 members (excludes halogenated alkanes) is 1. The van der Waals surface area contributed by atoms with Gasteiger partial charge in [-0.05, 0) is 82.6 Å². The number of carbonyl (C=O) groups is 1. The molecule has 1 aromatic carbocycles. The van der Waals surface area contributed by atoms with E-state index in [1.807, 2.05) is 34.2 Å². The fourth-order valence-electron chi connectivity index (χ4n) is 7.44. The van der Waals surface area contributed by atoms with Gasteiger partial charge in [-0.25, -0.2) is 9.48 Å². The molecule has 3 aromatic heterocycles. The van der Waals surface area contributed by atoms with Crippen LogP contribution in [-0.4, -0.2) is 61.8 Å². The maximum atomic E-state index is 12.5. The van der Waals surface area contributed by atoms with Crippen molar-refractivity contribution in [2.75, 3.05) is 26.3 Å². The van der Waals surface area contributed by atoms with Crippen molar-refractivity contribution in [1.82, 2.24) is 29.4 Å². The third-order valence-corrected chi connectivity index (χ3v) is 10.3. The minimum atomic E-state index is -0.183. The van der Waals surface area contributed by atoms with Crippen molar-refractivity contribution >= 4 is 28.6 Å². The molecule has 0 N–H and O–H groups in total. The molecule has 2 saturated heterocycles. The number of fused-ring (bicyclic) bond motifs is 1. The van der Waals surface area contributed by atoms with Gasteiger partial charge < -0.3 is 14.4 Å². The van der Waals surface area contributed by atoms with E-state index in [0.29, 0.717) is 6.61 Å². The molecule has 1 aliphatic carbocycles. The summed E-state index contributed by atoms with van der Waals surface area (Å²) in [6.45, 7) is 11.2. The van der Waals surface area contributed by atoms with Crippen molar-refractivity contribution in [3.05, 3.63) is 52.6 Å². The van der Waals surface area contributed by atoms with Crippen LogP contribution in [0.5, 0.6) is 0 Å². The summed E-state index contributed by atoms with van der Waals surface area (Å²) < 4.78 is 15.8. The third kappa shape index (κ3) is 4.88. The maximum absolute atomic E-state index is 12.5. The van der Waals surface area contributed by atoms with Gasteiger partial charge in [-0.15, -0.1) is 0 Å². The number of hydrogen-bond donors (Lipinski definition) is 0. The maximum Gasteiger partial charge on any atom is 0.409 e. The molecule has 10 heteroatoms. The Morgan fingerprint density at radius 2 is 1.93 bits per heavy atom. The number of aromatic nitrogens is 5. The number of likely N-dealkylation sites (tertiary alicyclic amines) is 1. The summed E-state index contributed by atoms with van der Waals surface area (Å²) >= 11 is 7.21. The van der Waals surface area contributed by atoms with E-state index in [2.05, 4.69) is 43.4 Å². The molecule has 9 nitrogen and oxygen atoms in total. The summed E-state index contributed by atoms with van der Waals surface area (Å²) in [6.07, 6.45) is 12.4. The van der Waals surface area contributed by atoms with E-state index < -0.39 is 0 Å². The van der Waals surface area contributed by atoms with Gasteiger partial charge in [0.1, 0.15) is 5.69 Å². The lowest BCUT2D eigenvalue weighted by Gasteiger charge is -2.58. The molecule has 1 spiro atoms. The highest BCUT2D eigenvalue weighted by atomic mass is 35.5. The number of carbonyl (C=O) groups excluding carboxylic acids is 1. The van der Waals surface area contributed by atoms with Gasteiger partial charge in [-0.2, -0.15) is 10.2 Å². The Bertz CT molecular complexity index is 1710. The van der Waals surface area contributed by atoms with Gasteiger partial charge in [0.25, 0.3) is 0 Å². The van der Waals surface area contributed by atoms with Gasteiger partial charge in [-0.1, -0.05) is 24.9 Å². The fraction of sp³-hybridized carbons (Fsp3) is 0.529. The van der Waals surface area contributed by atoms with E-state index in [4.69, 9.17) is 31.3 Å². The first-order valence-electron chi connectivity index (χ1n) is 16.0. The molecule has 4 aromatic rings. The highest BCUT2D eigenvalue weighted by Gasteiger charge is 2.55. The van der Waals surface area contributed by atoms with Crippen LogP contribution in [0, 0.1) is 26.2 Å². The molecule has 7 rings (SSSR count). The number of amides is 1. The van der Waals surface area contributed by atoms with Crippen LogP contribution in [-0.2, 0) is 9.47 Å². The summed E-state index contributed by atoms with van der Waals surface area (Å²) in [4.78, 5) is 18.6. The normalized spacial score (nSPS) is 19.8. The summed E-state index contributed by atoms with van der Waals surface area (Å²) in [5.41, 5.74) is 8.29. The summed E-state index contributed by atoms with van der Waals surface area (Å²) in [5.74, 6) is 0. The first-order chi connectivity index (χ1) is 21.3. The Labute approximate surface area is 263 Å². The Balaban J connectivity index is 1.26. The van der Waals surface area contributed by atoms with Crippen LogP contribution < -0.4 is 0 Å². The van der Waals surface area contributed by atoms with Crippen LogP contribution in [0.25, 0.3) is 33.3 Å². The topological polar surface area (TPSA) is 87.3 Å². The Kier molecular flexibility index (Phi) is 7.65. The molecule has 44 heavy (non-hydrogen) atoms. The molecule has 0 radical (unpaired) electrons. The zero-order valence-electron chi connectivity index (χ0n) is 26.1. The number of rotatable bonds is 7. The molecule has 1 unspecified atom stereocenters. The molecule has 0 bridgehead atoms. The molecule has 3 aliphatic rings. The number of nitrogens with zero attached hydrogens (tertiary/aromatic N) is 6. The lowest BCUT2D eigenvalue weighted by atomic mass is 9.61. The largest absolute Gasteiger partial charge is 0.449 e. The molecule has 232 valence electrons. The van der Waals surface area contributed by atoms with Gasteiger partial charge in [0.15, 0.2) is 6.23 Å². The van der Waals surface area contributed by atoms with Crippen LogP contribution >= 0.6 is 11.6 Å². The van der Waals surface area contributed by atoms with Crippen LogP contribution in [0.15, 0.2) is 30.7 Å². The Hall–Kier alpha value is -3.43. The van der Waals surface area contributed by atoms with Crippen LogP contribution in [0.4, 0.5) is 4.79 Å². The average molecular weight is 617 g/mol. The molecule has 5 heterocycles. The SMILES string of the molecule is CCCCOC(=O)N1CC2(CC(n3nc(-c4ccncc4C)c(-c4c(Cl)c(C)cc5c4cnn5C4CCCCO4)c3C)C2)C1. The van der Waals surface area contributed by atoms with Crippen molar-refractivity contribution in [3.8, 4) is 22.4 Å². The van der Waals surface area contributed by atoms with Gasteiger partial charge >= 0.3 is 6.09 Å². The molecule has 3 fully saturated rings. The second kappa shape index (κ2) is 11.5. The van der Waals surface area contributed by atoms with E-state index in [-0.39, 0.29) is 23.8 Å². The lowest BCUT2D eigenvalue weighted by molar-refractivity contribution is -0.0825. The first-order valence-corrected chi connectivity index (χ1v) is 16.4. The minimum absolute atomic E-state index is 0.0717. The molecular formula is C34H41ClN6O3. The number of ether oxygens (including phenoxy) is 2. The van der Waals surface area contributed by atoms with Gasteiger partial charge in [0.2, 0.25) is 0 Å². The zero-order valence-corrected chi connectivity index (χ0v) is 26.9. The molecular weight excluding hydrogens is 576 g/mol. The smallest absolute Gasteiger partial charge is 0.409 e. The molecule has 2 aliphatic heterocycles. The standard InChI is InChI=1S/C34H41ClN6O3/c1-5-6-12-44-33(42)39-19-34(20-39)15-24(16-34)40-23(4)29(32(38-40)25-10-11-36-17-22(25)3)30-26-18-37-41(28-9-7-8-13-43-28)27(26)14-21(2)31(30)35/h10-11,14,17-18,24,28H,5-9,12-13,15-16,19-20H2,1-4H3. The molecule has 1 saturated carbocycles. The highest BCUT2D eigenvalue weighted by molar-refractivity contribution is 6.36. The van der Waals surface area contributed by atoms with Crippen LogP contribution in [0.2, 0.25) is 5.02 Å². The summed E-state index contributed by atoms with van der Waals surface area (Å²) in [7, 11) is 0. The fourth-order valence-corrected chi connectivity index (χ4v) is 7.69. The van der Waals surface area contributed by atoms with Crippen LogP contribution in [0.3, 0.4) is 0 Å². The van der Waals surface area contributed by atoms with E-state index in [9.17, 15) is 4.79 Å². The minimum Gasteiger partial charge on any atom is -0.449 e. The van der Waals surface area contributed by atoms with Gasteiger partial charge in [0, 0.05) is 65.3 Å². The Morgan fingerprint density at radius 1 is 1.11 bits per heavy atom. The zero-order chi connectivity index (χ0) is 30.6. The van der Waals surface area contributed by atoms with E-state index >= 15 is 0 Å². The van der Waals surface area contributed by atoms with E-state index in [1.165, 1.54) is 0 Å². The number of benzene rings is 1. The second-order valence-corrected chi connectivity index (χ2v) is 13.4. The van der Waals surface area contributed by atoms with E-state index in [0.717, 1.165) is 120 Å². The quantitative estimate of drug-likeness (QED) is 0.197. The monoisotopic (exact) mass is 616 g/mol. The number of hydrogen-bond acceptors (Lipinski definition) is 6. The van der Waals surface area contributed by atoms with Crippen molar-refractivity contribution in [1.29, 1.82) is 0 Å². The summed E-state index contributed by atoms with van der Waals surface area (Å²) in [5, 5.41) is 11.9. The Morgan fingerprint density at radius 3 is 2.66 bits per heavy atom. The van der Waals surface area contributed by atoms with Gasteiger partial charge in [0.05, 0.1) is 29.4 Å².